The molecule has 3 heteroatoms. The fourth-order valence-electron chi connectivity index (χ4n) is 2.05. The van der Waals surface area contributed by atoms with Crippen molar-refractivity contribution < 1.29 is 9.53 Å². The lowest BCUT2D eigenvalue weighted by atomic mass is 10.0. The average molecular weight is 281 g/mol. The Morgan fingerprint density at radius 1 is 1.10 bits per heavy atom. The Bertz CT molecular complexity index is 620. The molecule has 0 saturated carbocycles. The summed E-state index contributed by atoms with van der Waals surface area (Å²) in [6.07, 6.45) is 3.92. The zero-order valence-corrected chi connectivity index (χ0v) is 12.2. The van der Waals surface area contributed by atoms with Gasteiger partial charge in [-0.25, -0.2) is 4.79 Å². The second kappa shape index (κ2) is 7.29. The van der Waals surface area contributed by atoms with E-state index in [4.69, 9.17) is 4.74 Å². The van der Waals surface area contributed by atoms with E-state index < -0.39 is 0 Å². The molecule has 2 rings (SSSR count). The van der Waals surface area contributed by atoms with Crippen LogP contribution in [0.3, 0.4) is 0 Å². The highest BCUT2D eigenvalue weighted by Gasteiger charge is 2.09. The SMILES string of the molecule is COC(=O)c1ccccc1NC=CC(C)c1ccccc1. The van der Waals surface area contributed by atoms with Crippen LogP contribution in [0.1, 0.15) is 28.8 Å². The largest absolute Gasteiger partial charge is 0.465 e. The maximum absolute atomic E-state index is 11.7. The molecule has 0 aromatic heterocycles. The van der Waals surface area contributed by atoms with Crippen LogP contribution in [0, 0.1) is 0 Å². The summed E-state index contributed by atoms with van der Waals surface area (Å²) in [5.74, 6) is -0.0494. The molecule has 2 aromatic carbocycles. The minimum atomic E-state index is -0.345. The quantitative estimate of drug-likeness (QED) is 0.835. The van der Waals surface area contributed by atoms with Gasteiger partial charge in [0.05, 0.1) is 18.4 Å². The predicted molar refractivity (Wildman–Crippen MR) is 85.4 cm³/mol. The Labute approximate surface area is 125 Å². The molecule has 21 heavy (non-hydrogen) atoms. The summed E-state index contributed by atoms with van der Waals surface area (Å²) in [7, 11) is 1.38. The minimum Gasteiger partial charge on any atom is -0.465 e. The van der Waals surface area contributed by atoms with E-state index in [1.807, 2.05) is 42.6 Å². The predicted octanol–water partition coefficient (Wildman–Crippen LogP) is 4.20. The maximum atomic E-state index is 11.7. The van der Waals surface area contributed by atoms with E-state index in [0.29, 0.717) is 11.5 Å². The average Bonchev–Trinajstić information content (AvgIpc) is 2.55. The highest BCUT2D eigenvalue weighted by molar-refractivity contribution is 5.95. The number of methoxy groups -OCH3 is 1. The summed E-state index contributed by atoms with van der Waals surface area (Å²) < 4.78 is 4.77. The number of benzene rings is 2. The van der Waals surface area contributed by atoms with Crippen LogP contribution in [0.2, 0.25) is 0 Å². The normalized spacial score (nSPS) is 12.1. The first kappa shape index (κ1) is 14.9. The highest BCUT2D eigenvalue weighted by atomic mass is 16.5. The van der Waals surface area contributed by atoms with E-state index in [2.05, 4.69) is 30.4 Å². The molecule has 0 aliphatic rings. The lowest BCUT2D eigenvalue weighted by Gasteiger charge is -2.09. The topological polar surface area (TPSA) is 38.3 Å². The van der Waals surface area contributed by atoms with Gasteiger partial charge in [0, 0.05) is 5.92 Å². The number of ether oxygens (including phenoxy) is 1. The molecule has 0 spiro atoms. The number of hydrogen-bond donors (Lipinski definition) is 1. The molecule has 0 aliphatic carbocycles. The van der Waals surface area contributed by atoms with Crippen LogP contribution in [-0.2, 0) is 4.74 Å². The van der Waals surface area contributed by atoms with E-state index >= 15 is 0 Å². The van der Waals surface area contributed by atoms with Crippen molar-refractivity contribution in [3.8, 4) is 0 Å². The summed E-state index contributed by atoms with van der Waals surface area (Å²) in [6, 6.07) is 17.5. The van der Waals surface area contributed by atoms with Crippen molar-refractivity contribution in [2.24, 2.45) is 0 Å². The van der Waals surface area contributed by atoms with Gasteiger partial charge in [-0.15, -0.1) is 0 Å². The smallest absolute Gasteiger partial charge is 0.339 e. The molecule has 1 N–H and O–H groups in total. The number of rotatable bonds is 5. The molecule has 0 radical (unpaired) electrons. The molecule has 0 fully saturated rings. The van der Waals surface area contributed by atoms with Crippen LogP contribution in [0.5, 0.6) is 0 Å². The standard InChI is InChI=1S/C18H19NO2/c1-14(15-8-4-3-5-9-15)12-13-19-17-11-7-6-10-16(17)18(20)21-2/h3-14,19H,1-2H3. The van der Waals surface area contributed by atoms with Crippen LogP contribution in [0.25, 0.3) is 0 Å². The zero-order valence-electron chi connectivity index (χ0n) is 12.2. The number of allylic oxidation sites excluding steroid dienone is 1. The van der Waals surface area contributed by atoms with Gasteiger partial charge in [0.2, 0.25) is 0 Å². The Balaban J connectivity index is 2.06. The monoisotopic (exact) mass is 281 g/mol. The molecule has 0 bridgehead atoms. The summed E-state index contributed by atoms with van der Waals surface area (Å²) in [4.78, 5) is 11.7. The molecule has 0 amide bonds. The summed E-state index contributed by atoms with van der Waals surface area (Å²) in [5, 5.41) is 3.15. The molecule has 1 unspecified atom stereocenters. The fourth-order valence-corrected chi connectivity index (χ4v) is 2.05. The van der Waals surface area contributed by atoms with E-state index in [0.717, 1.165) is 5.69 Å². The third-order valence-electron chi connectivity index (χ3n) is 3.28. The lowest BCUT2D eigenvalue weighted by Crippen LogP contribution is -2.05. The molecule has 0 aliphatic heterocycles. The van der Waals surface area contributed by atoms with Gasteiger partial charge in [0.15, 0.2) is 0 Å². The molecule has 2 aromatic rings. The molecular weight excluding hydrogens is 262 g/mol. The minimum absolute atomic E-state index is 0.295. The Kier molecular flexibility index (Phi) is 5.16. The van der Waals surface area contributed by atoms with Gasteiger partial charge >= 0.3 is 5.97 Å². The summed E-state index contributed by atoms with van der Waals surface area (Å²) in [5.41, 5.74) is 2.51. The molecule has 3 nitrogen and oxygen atoms in total. The van der Waals surface area contributed by atoms with E-state index in [-0.39, 0.29) is 5.97 Å². The molecular formula is C18H19NO2. The zero-order chi connectivity index (χ0) is 15.1. The fraction of sp³-hybridized carbons (Fsp3) is 0.167. The van der Waals surface area contributed by atoms with Gasteiger partial charge < -0.3 is 10.1 Å². The van der Waals surface area contributed by atoms with E-state index in [9.17, 15) is 4.79 Å². The van der Waals surface area contributed by atoms with Gasteiger partial charge in [-0.05, 0) is 23.9 Å². The maximum Gasteiger partial charge on any atom is 0.339 e. The van der Waals surface area contributed by atoms with Crippen molar-refractivity contribution in [1.82, 2.24) is 0 Å². The number of anilines is 1. The van der Waals surface area contributed by atoms with E-state index in [1.54, 1.807) is 6.07 Å². The van der Waals surface area contributed by atoms with Crippen molar-refractivity contribution >= 4 is 11.7 Å². The van der Waals surface area contributed by atoms with Crippen LogP contribution in [0.4, 0.5) is 5.69 Å². The second-order valence-corrected chi connectivity index (χ2v) is 4.74. The number of carbonyl (C=O) groups is 1. The first-order valence-electron chi connectivity index (χ1n) is 6.88. The number of carbonyl (C=O) groups excluding carboxylic acids is 1. The lowest BCUT2D eigenvalue weighted by molar-refractivity contribution is 0.0602. The van der Waals surface area contributed by atoms with Crippen molar-refractivity contribution in [2.45, 2.75) is 12.8 Å². The number of para-hydroxylation sites is 1. The van der Waals surface area contributed by atoms with Gasteiger partial charge in [0.1, 0.15) is 0 Å². The Morgan fingerprint density at radius 2 is 1.76 bits per heavy atom. The molecule has 0 heterocycles. The first-order valence-corrected chi connectivity index (χ1v) is 6.88. The van der Waals surface area contributed by atoms with Crippen LogP contribution in [0.15, 0.2) is 66.9 Å². The number of nitrogens with one attached hydrogen (secondary N) is 1. The van der Waals surface area contributed by atoms with Crippen molar-refractivity contribution in [3.05, 3.63) is 78.0 Å². The van der Waals surface area contributed by atoms with Crippen LogP contribution < -0.4 is 5.32 Å². The van der Waals surface area contributed by atoms with Crippen molar-refractivity contribution in [1.29, 1.82) is 0 Å². The van der Waals surface area contributed by atoms with E-state index in [1.165, 1.54) is 12.7 Å². The van der Waals surface area contributed by atoms with Crippen molar-refractivity contribution in [2.75, 3.05) is 12.4 Å². The van der Waals surface area contributed by atoms with Crippen LogP contribution in [-0.4, -0.2) is 13.1 Å². The molecule has 108 valence electrons. The van der Waals surface area contributed by atoms with Gasteiger partial charge in [0.25, 0.3) is 0 Å². The number of esters is 1. The van der Waals surface area contributed by atoms with Gasteiger partial charge in [-0.1, -0.05) is 55.5 Å². The van der Waals surface area contributed by atoms with Gasteiger partial charge in [-0.3, -0.25) is 0 Å². The third-order valence-corrected chi connectivity index (χ3v) is 3.28. The highest BCUT2D eigenvalue weighted by Crippen LogP contribution is 2.18. The summed E-state index contributed by atoms with van der Waals surface area (Å²) >= 11 is 0. The summed E-state index contributed by atoms with van der Waals surface area (Å²) in [6.45, 7) is 2.12. The van der Waals surface area contributed by atoms with Gasteiger partial charge in [-0.2, -0.15) is 0 Å². The van der Waals surface area contributed by atoms with Crippen LogP contribution >= 0.6 is 0 Å². The Hall–Kier alpha value is -2.55. The second-order valence-electron chi connectivity index (χ2n) is 4.74. The first-order chi connectivity index (χ1) is 10.2. The molecule has 1 atom stereocenters. The third kappa shape index (κ3) is 3.96. The molecule has 0 saturated heterocycles. The van der Waals surface area contributed by atoms with Crippen molar-refractivity contribution in [3.63, 3.8) is 0 Å². The number of hydrogen-bond acceptors (Lipinski definition) is 3. The Morgan fingerprint density at radius 3 is 2.48 bits per heavy atom.